The molecule has 9 heteroatoms. The van der Waals surface area contributed by atoms with Crippen molar-refractivity contribution in [1.82, 2.24) is 9.97 Å². The van der Waals surface area contributed by atoms with Gasteiger partial charge < -0.3 is 15.7 Å². The third-order valence-corrected chi connectivity index (χ3v) is 3.75. The second-order valence-electron chi connectivity index (χ2n) is 6.42. The molecule has 0 saturated carbocycles. The fourth-order valence-corrected chi connectivity index (χ4v) is 2.43. The van der Waals surface area contributed by atoms with Gasteiger partial charge in [0.05, 0.1) is 6.10 Å². The van der Waals surface area contributed by atoms with Crippen LogP contribution in [0.25, 0.3) is 5.57 Å². The quantitative estimate of drug-likeness (QED) is 0.697. The SMILES string of the molecule is CC(C)Nc1nc(C2=CC(O)CCC2)nc(N[C@H](C)C(F)(F)F)c1F. The van der Waals surface area contributed by atoms with E-state index in [0.29, 0.717) is 24.8 Å². The van der Waals surface area contributed by atoms with E-state index in [-0.39, 0.29) is 17.7 Å². The van der Waals surface area contributed by atoms with Crippen molar-refractivity contribution in [1.29, 1.82) is 0 Å². The first-order valence-electron chi connectivity index (χ1n) is 8.14. The van der Waals surface area contributed by atoms with Gasteiger partial charge in [0.15, 0.2) is 17.5 Å². The van der Waals surface area contributed by atoms with E-state index in [1.54, 1.807) is 19.9 Å². The molecule has 0 saturated heterocycles. The molecule has 0 fully saturated rings. The molecular formula is C16H22F4N4O. The maximum Gasteiger partial charge on any atom is 0.408 e. The third-order valence-electron chi connectivity index (χ3n) is 3.75. The molecule has 0 spiro atoms. The van der Waals surface area contributed by atoms with Crippen LogP contribution in [0.15, 0.2) is 6.08 Å². The van der Waals surface area contributed by atoms with Gasteiger partial charge in [0.2, 0.25) is 5.82 Å². The molecule has 0 aromatic carbocycles. The van der Waals surface area contributed by atoms with Gasteiger partial charge in [0.25, 0.3) is 0 Å². The predicted octanol–water partition coefficient (Wildman–Crippen LogP) is 3.73. The Kier molecular flexibility index (Phi) is 5.87. The summed E-state index contributed by atoms with van der Waals surface area (Å²) in [5.74, 6) is -1.54. The van der Waals surface area contributed by atoms with Crippen molar-refractivity contribution in [3.8, 4) is 0 Å². The normalized spacial score (nSPS) is 19.6. The molecule has 0 bridgehead atoms. The van der Waals surface area contributed by atoms with Gasteiger partial charge >= 0.3 is 6.18 Å². The number of nitrogens with zero attached hydrogens (tertiary/aromatic N) is 2. The fourth-order valence-electron chi connectivity index (χ4n) is 2.43. The summed E-state index contributed by atoms with van der Waals surface area (Å²) in [5, 5.41) is 14.6. The smallest absolute Gasteiger partial charge is 0.389 e. The fraction of sp³-hybridized carbons (Fsp3) is 0.625. The van der Waals surface area contributed by atoms with Crippen LogP contribution in [0, 0.1) is 5.82 Å². The zero-order chi connectivity index (χ0) is 18.8. The van der Waals surface area contributed by atoms with Crippen molar-refractivity contribution >= 4 is 17.2 Å². The molecule has 1 unspecified atom stereocenters. The summed E-state index contributed by atoms with van der Waals surface area (Å²) in [6.45, 7) is 4.41. The van der Waals surface area contributed by atoms with Crippen LogP contribution in [-0.4, -0.2) is 39.4 Å². The molecule has 2 rings (SSSR count). The number of halogens is 4. The Morgan fingerprint density at radius 2 is 1.76 bits per heavy atom. The Labute approximate surface area is 143 Å². The standard InChI is InChI=1S/C16H22F4N4O/c1-8(2)21-14-12(17)15(22-9(3)16(18,19)20)24-13(23-14)10-5-4-6-11(25)7-10/h7-9,11,25H,4-6H2,1-3H3,(H2,21,22,23,24)/t9-,11?/m1/s1. The lowest BCUT2D eigenvalue weighted by atomic mass is 9.97. The Balaban J connectivity index is 2.45. The van der Waals surface area contributed by atoms with Gasteiger partial charge in [0, 0.05) is 6.04 Å². The van der Waals surface area contributed by atoms with Gasteiger partial charge in [-0.25, -0.2) is 9.97 Å². The number of alkyl halides is 3. The molecule has 0 amide bonds. The number of nitrogens with one attached hydrogen (secondary N) is 2. The van der Waals surface area contributed by atoms with E-state index in [9.17, 15) is 22.7 Å². The first kappa shape index (κ1) is 19.4. The van der Waals surface area contributed by atoms with Crippen molar-refractivity contribution in [2.75, 3.05) is 10.6 Å². The summed E-state index contributed by atoms with van der Waals surface area (Å²) in [4.78, 5) is 8.04. The lowest BCUT2D eigenvalue weighted by Crippen LogP contribution is -2.34. The lowest BCUT2D eigenvalue weighted by Gasteiger charge is -2.21. The largest absolute Gasteiger partial charge is 0.408 e. The van der Waals surface area contributed by atoms with Crippen LogP contribution in [0.2, 0.25) is 0 Å². The molecule has 1 heterocycles. The van der Waals surface area contributed by atoms with Crippen molar-refractivity contribution < 1.29 is 22.7 Å². The maximum atomic E-state index is 14.5. The molecule has 1 aromatic heterocycles. The van der Waals surface area contributed by atoms with Gasteiger partial charge in [0.1, 0.15) is 6.04 Å². The topological polar surface area (TPSA) is 70.1 Å². The van der Waals surface area contributed by atoms with Crippen LogP contribution in [0.4, 0.5) is 29.2 Å². The van der Waals surface area contributed by atoms with E-state index in [0.717, 1.165) is 6.92 Å². The highest BCUT2D eigenvalue weighted by molar-refractivity contribution is 5.65. The highest BCUT2D eigenvalue weighted by atomic mass is 19.4. The predicted molar refractivity (Wildman–Crippen MR) is 87.7 cm³/mol. The average Bonchev–Trinajstić information content (AvgIpc) is 2.49. The molecule has 5 nitrogen and oxygen atoms in total. The average molecular weight is 362 g/mol. The van der Waals surface area contributed by atoms with Crippen LogP contribution >= 0.6 is 0 Å². The van der Waals surface area contributed by atoms with Crippen LogP contribution < -0.4 is 10.6 Å². The minimum absolute atomic E-state index is 0.111. The number of aliphatic hydroxyl groups excluding tert-OH is 1. The molecule has 140 valence electrons. The molecule has 3 N–H and O–H groups in total. The minimum atomic E-state index is -4.54. The Hall–Kier alpha value is -1.90. The van der Waals surface area contributed by atoms with Crippen LogP contribution in [0.5, 0.6) is 0 Å². The summed E-state index contributed by atoms with van der Waals surface area (Å²) in [5.41, 5.74) is 0.591. The molecule has 0 aliphatic heterocycles. The number of aliphatic hydroxyl groups is 1. The van der Waals surface area contributed by atoms with E-state index < -0.39 is 30.0 Å². The summed E-state index contributed by atoms with van der Waals surface area (Å²) >= 11 is 0. The number of rotatable bonds is 5. The van der Waals surface area contributed by atoms with Crippen molar-refractivity contribution in [3.63, 3.8) is 0 Å². The second-order valence-corrected chi connectivity index (χ2v) is 6.42. The van der Waals surface area contributed by atoms with Gasteiger partial charge in [-0.2, -0.15) is 17.6 Å². The lowest BCUT2D eigenvalue weighted by molar-refractivity contribution is -0.138. The van der Waals surface area contributed by atoms with Gasteiger partial charge in [-0.3, -0.25) is 0 Å². The summed E-state index contributed by atoms with van der Waals surface area (Å²) < 4.78 is 52.9. The Bertz CT molecular complexity index is 646. The highest BCUT2D eigenvalue weighted by Gasteiger charge is 2.37. The summed E-state index contributed by atoms with van der Waals surface area (Å²) in [6.07, 6.45) is -1.78. The molecule has 2 atom stereocenters. The number of anilines is 2. The van der Waals surface area contributed by atoms with E-state index in [1.807, 2.05) is 0 Å². The molecule has 1 aliphatic rings. The third kappa shape index (κ3) is 5.04. The van der Waals surface area contributed by atoms with E-state index in [4.69, 9.17) is 0 Å². The maximum absolute atomic E-state index is 14.5. The van der Waals surface area contributed by atoms with Crippen LogP contribution in [-0.2, 0) is 0 Å². The summed E-state index contributed by atoms with van der Waals surface area (Å²) in [6, 6.07) is -2.14. The van der Waals surface area contributed by atoms with Crippen LogP contribution in [0.1, 0.15) is 45.9 Å². The molecule has 1 aromatic rings. The molecular weight excluding hydrogens is 340 g/mol. The van der Waals surface area contributed by atoms with Crippen LogP contribution in [0.3, 0.4) is 0 Å². The first-order valence-corrected chi connectivity index (χ1v) is 8.14. The van der Waals surface area contributed by atoms with Crippen molar-refractivity contribution in [2.24, 2.45) is 0 Å². The van der Waals surface area contributed by atoms with Gasteiger partial charge in [-0.05, 0) is 51.7 Å². The number of hydrogen-bond acceptors (Lipinski definition) is 5. The Morgan fingerprint density at radius 3 is 2.28 bits per heavy atom. The van der Waals surface area contributed by atoms with Crippen molar-refractivity contribution in [2.45, 2.75) is 64.4 Å². The van der Waals surface area contributed by atoms with E-state index in [1.165, 1.54) is 0 Å². The number of allylic oxidation sites excluding steroid dienone is 1. The number of hydrogen-bond donors (Lipinski definition) is 3. The summed E-state index contributed by atoms with van der Waals surface area (Å²) in [7, 11) is 0. The highest BCUT2D eigenvalue weighted by Crippen LogP contribution is 2.30. The molecule has 25 heavy (non-hydrogen) atoms. The van der Waals surface area contributed by atoms with Crippen molar-refractivity contribution in [3.05, 3.63) is 17.7 Å². The zero-order valence-corrected chi connectivity index (χ0v) is 14.3. The zero-order valence-electron chi connectivity index (χ0n) is 14.3. The first-order chi connectivity index (χ1) is 11.6. The monoisotopic (exact) mass is 362 g/mol. The van der Waals surface area contributed by atoms with E-state index >= 15 is 0 Å². The Morgan fingerprint density at radius 1 is 1.16 bits per heavy atom. The second kappa shape index (κ2) is 7.55. The van der Waals surface area contributed by atoms with Gasteiger partial charge in [-0.15, -0.1) is 0 Å². The van der Waals surface area contributed by atoms with Gasteiger partial charge in [-0.1, -0.05) is 0 Å². The minimum Gasteiger partial charge on any atom is -0.389 e. The number of aromatic nitrogens is 2. The molecule has 0 radical (unpaired) electrons. The van der Waals surface area contributed by atoms with E-state index in [2.05, 4.69) is 20.6 Å². The molecule has 1 aliphatic carbocycles.